The number of hydrogen-bond acceptors (Lipinski definition) is 4. The van der Waals surface area contributed by atoms with Crippen molar-refractivity contribution in [3.05, 3.63) is 11.6 Å². The first-order valence-corrected chi connectivity index (χ1v) is 9.99. The smallest absolute Gasteiger partial charge is 0.344 e. The van der Waals surface area contributed by atoms with Crippen molar-refractivity contribution in [1.29, 1.82) is 0 Å². The van der Waals surface area contributed by atoms with E-state index in [0.29, 0.717) is 30.0 Å². The summed E-state index contributed by atoms with van der Waals surface area (Å²) in [7, 11) is 0. The van der Waals surface area contributed by atoms with Crippen LogP contribution in [0, 0.1) is 28.6 Å². The summed E-state index contributed by atoms with van der Waals surface area (Å²) in [6, 6.07) is 0. The van der Waals surface area contributed by atoms with Crippen LogP contribution in [-0.4, -0.2) is 29.2 Å². The average molecular weight is 359 g/mol. The number of nitrogens with zero attached hydrogens (tertiary/aromatic N) is 1. The first-order valence-electron chi connectivity index (χ1n) is 9.99. The van der Waals surface area contributed by atoms with E-state index in [-0.39, 0.29) is 17.4 Å². The molecule has 3 saturated carbocycles. The molecule has 3 fully saturated rings. The van der Waals surface area contributed by atoms with Crippen molar-refractivity contribution in [3.8, 4) is 0 Å². The highest BCUT2D eigenvalue weighted by atomic mass is 16.6. The first kappa shape index (κ1) is 17.7. The predicted molar refractivity (Wildman–Crippen MR) is 97.7 cm³/mol. The molecule has 142 valence electrons. The lowest BCUT2D eigenvalue weighted by molar-refractivity contribution is -0.142. The number of carbonyl (C=O) groups is 2. The van der Waals surface area contributed by atoms with E-state index in [9.17, 15) is 9.59 Å². The van der Waals surface area contributed by atoms with Gasteiger partial charge in [0.15, 0.2) is 5.78 Å². The van der Waals surface area contributed by atoms with E-state index < -0.39 is 5.97 Å². The zero-order chi connectivity index (χ0) is 18.5. The summed E-state index contributed by atoms with van der Waals surface area (Å²) in [6.45, 7) is 4.34. The maximum atomic E-state index is 11.9. The van der Waals surface area contributed by atoms with Crippen molar-refractivity contribution in [2.24, 2.45) is 33.7 Å². The Morgan fingerprint density at radius 2 is 1.92 bits per heavy atom. The Morgan fingerprint density at radius 3 is 2.69 bits per heavy atom. The van der Waals surface area contributed by atoms with Gasteiger partial charge in [-0.1, -0.05) is 24.6 Å². The van der Waals surface area contributed by atoms with E-state index >= 15 is 0 Å². The Morgan fingerprint density at radius 1 is 1.15 bits per heavy atom. The van der Waals surface area contributed by atoms with Crippen LogP contribution in [0.15, 0.2) is 16.8 Å². The Bertz CT molecular complexity index is 696. The summed E-state index contributed by atoms with van der Waals surface area (Å²) in [6.07, 6.45) is 10.2. The molecule has 5 nitrogen and oxygen atoms in total. The van der Waals surface area contributed by atoms with Crippen molar-refractivity contribution in [2.75, 3.05) is 6.61 Å². The van der Waals surface area contributed by atoms with Crippen LogP contribution < -0.4 is 0 Å². The van der Waals surface area contributed by atoms with Crippen LogP contribution in [0.2, 0.25) is 0 Å². The SMILES string of the molecule is C[C@]12CCC(=O)C=C1CC[C@@H]1[C@@H]2CC[C@]2(C)C(=NOCC(=O)O)CC[C@@H]12. The molecule has 0 aliphatic heterocycles. The van der Waals surface area contributed by atoms with E-state index in [1.807, 2.05) is 6.08 Å². The number of hydrogen-bond donors (Lipinski definition) is 1. The number of carboxylic acids is 1. The quantitative estimate of drug-likeness (QED) is 0.774. The molecule has 0 aromatic heterocycles. The number of carbonyl (C=O) groups excluding carboxylic acids is 1. The topological polar surface area (TPSA) is 76.0 Å². The molecule has 4 rings (SSSR count). The molecule has 0 bridgehead atoms. The summed E-state index contributed by atoms with van der Waals surface area (Å²) in [4.78, 5) is 27.7. The molecule has 5 atom stereocenters. The van der Waals surface area contributed by atoms with Crippen LogP contribution in [0.5, 0.6) is 0 Å². The van der Waals surface area contributed by atoms with Crippen molar-refractivity contribution in [3.63, 3.8) is 0 Å². The molecule has 0 heterocycles. The molecular formula is C21H29NO4. The molecule has 0 aromatic rings. The normalized spacial score (nSPS) is 43.3. The van der Waals surface area contributed by atoms with Crippen molar-refractivity contribution in [1.82, 2.24) is 0 Å². The van der Waals surface area contributed by atoms with Crippen LogP contribution in [-0.2, 0) is 14.4 Å². The van der Waals surface area contributed by atoms with E-state index in [4.69, 9.17) is 9.94 Å². The Hall–Kier alpha value is -1.65. The van der Waals surface area contributed by atoms with Crippen molar-refractivity contribution >= 4 is 17.5 Å². The molecule has 0 amide bonds. The molecule has 4 aliphatic carbocycles. The van der Waals surface area contributed by atoms with Gasteiger partial charge in [-0.05, 0) is 74.2 Å². The van der Waals surface area contributed by atoms with Gasteiger partial charge in [0.25, 0.3) is 0 Å². The predicted octanol–water partition coefficient (Wildman–Crippen LogP) is 3.98. The lowest BCUT2D eigenvalue weighted by atomic mass is 9.47. The molecule has 26 heavy (non-hydrogen) atoms. The van der Waals surface area contributed by atoms with Gasteiger partial charge in [-0.2, -0.15) is 0 Å². The van der Waals surface area contributed by atoms with Crippen molar-refractivity contribution in [2.45, 2.75) is 65.2 Å². The second-order valence-corrected chi connectivity index (χ2v) is 9.17. The molecule has 0 unspecified atom stereocenters. The average Bonchev–Trinajstić information content (AvgIpc) is 2.92. The Kier molecular flexibility index (Phi) is 4.24. The first-order chi connectivity index (χ1) is 12.3. The summed E-state index contributed by atoms with van der Waals surface area (Å²) in [5.74, 6) is 1.26. The lowest BCUT2D eigenvalue weighted by Crippen LogP contribution is -2.50. The number of carboxylic acid groups (broad SMARTS) is 1. The van der Waals surface area contributed by atoms with Crippen LogP contribution >= 0.6 is 0 Å². The minimum Gasteiger partial charge on any atom is -0.479 e. The van der Waals surface area contributed by atoms with Gasteiger partial charge in [-0.15, -0.1) is 0 Å². The number of allylic oxidation sites excluding steroid dienone is 1. The maximum Gasteiger partial charge on any atom is 0.344 e. The van der Waals surface area contributed by atoms with Gasteiger partial charge in [0.05, 0.1) is 5.71 Å². The molecule has 0 saturated heterocycles. The lowest BCUT2D eigenvalue weighted by Gasteiger charge is -2.57. The van der Waals surface area contributed by atoms with Crippen LogP contribution in [0.3, 0.4) is 0 Å². The molecule has 0 spiro atoms. The molecule has 1 N–H and O–H groups in total. The number of ketones is 1. The van der Waals surface area contributed by atoms with Crippen LogP contribution in [0.1, 0.15) is 65.2 Å². The highest BCUT2D eigenvalue weighted by Gasteiger charge is 2.58. The van der Waals surface area contributed by atoms with Gasteiger partial charge in [-0.25, -0.2) is 4.79 Å². The zero-order valence-electron chi connectivity index (χ0n) is 15.8. The van der Waals surface area contributed by atoms with Crippen LogP contribution in [0.4, 0.5) is 0 Å². The van der Waals surface area contributed by atoms with Gasteiger partial charge in [0.1, 0.15) is 0 Å². The number of oxime groups is 1. The van der Waals surface area contributed by atoms with Gasteiger partial charge in [0.2, 0.25) is 6.61 Å². The minimum atomic E-state index is -0.982. The third-order valence-corrected chi connectivity index (χ3v) is 8.07. The maximum absolute atomic E-state index is 11.9. The molecule has 0 aromatic carbocycles. The summed E-state index contributed by atoms with van der Waals surface area (Å²) in [5, 5.41) is 13.0. The third-order valence-electron chi connectivity index (χ3n) is 8.07. The highest BCUT2D eigenvalue weighted by Crippen LogP contribution is 2.64. The second-order valence-electron chi connectivity index (χ2n) is 9.17. The monoisotopic (exact) mass is 359 g/mol. The second kappa shape index (κ2) is 6.21. The molecule has 5 heteroatoms. The summed E-state index contributed by atoms with van der Waals surface area (Å²) >= 11 is 0. The van der Waals surface area contributed by atoms with Gasteiger partial charge in [-0.3, -0.25) is 4.79 Å². The molecular weight excluding hydrogens is 330 g/mol. The van der Waals surface area contributed by atoms with Crippen LogP contribution in [0.25, 0.3) is 0 Å². The largest absolute Gasteiger partial charge is 0.479 e. The third kappa shape index (κ3) is 2.62. The van der Waals surface area contributed by atoms with E-state index in [1.165, 1.54) is 12.0 Å². The fraction of sp³-hybridized carbons (Fsp3) is 0.762. The summed E-state index contributed by atoms with van der Waals surface area (Å²) < 4.78 is 0. The highest BCUT2D eigenvalue weighted by molar-refractivity contribution is 5.92. The standard InChI is InChI=1S/C21H29NO4/c1-20-9-7-14(23)11-13(20)3-4-15-16-5-6-18(22-26-12-19(24)25)21(16,2)10-8-17(15)20/h11,15-17H,3-10,12H2,1-2H3,(H,24,25)/t15-,16-,17-,20-,21-/m0/s1. The fourth-order valence-electron chi connectivity index (χ4n) is 6.66. The molecule has 0 radical (unpaired) electrons. The Labute approximate surface area is 154 Å². The molecule has 4 aliphatic rings. The van der Waals surface area contributed by atoms with E-state index in [1.54, 1.807) is 0 Å². The summed E-state index contributed by atoms with van der Waals surface area (Å²) in [5.41, 5.74) is 2.70. The zero-order valence-corrected chi connectivity index (χ0v) is 15.8. The van der Waals surface area contributed by atoms with Gasteiger partial charge >= 0.3 is 5.97 Å². The Balaban J connectivity index is 1.57. The van der Waals surface area contributed by atoms with E-state index in [0.717, 1.165) is 44.2 Å². The number of rotatable bonds is 3. The fourth-order valence-corrected chi connectivity index (χ4v) is 6.66. The number of aliphatic carboxylic acids is 1. The van der Waals surface area contributed by atoms with E-state index in [2.05, 4.69) is 19.0 Å². The van der Waals surface area contributed by atoms with Gasteiger partial charge in [0, 0.05) is 11.8 Å². The van der Waals surface area contributed by atoms with Crippen molar-refractivity contribution < 1.29 is 19.5 Å². The number of fused-ring (bicyclic) bond motifs is 5. The van der Waals surface area contributed by atoms with Gasteiger partial charge < -0.3 is 9.94 Å². The minimum absolute atomic E-state index is 0.0434.